The molecular weight excluding hydrogens is 392 g/mol. The topological polar surface area (TPSA) is 32.3 Å². The molecule has 3 aromatic rings. The molecule has 3 nitrogen and oxygen atoms in total. The number of carbonyl (C=O) groups excluding carboxylic acids is 1. The Hall–Kier alpha value is -3.07. The van der Waals surface area contributed by atoms with Crippen molar-refractivity contribution < 1.29 is 4.79 Å². The lowest BCUT2D eigenvalue weighted by atomic mass is 9.87. The maximum absolute atomic E-state index is 13.7. The predicted molar refractivity (Wildman–Crippen MR) is 134 cm³/mol. The summed E-state index contributed by atoms with van der Waals surface area (Å²) >= 11 is 0. The molecule has 4 rings (SSSR count). The quantitative estimate of drug-likeness (QED) is 0.430. The molecule has 1 aliphatic rings. The first-order chi connectivity index (χ1) is 15.6. The van der Waals surface area contributed by atoms with Gasteiger partial charge in [0.15, 0.2) is 0 Å². The molecule has 1 aliphatic carbocycles. The number of nitrogens with zero attached hydrogens (tertiary/aromatic N) is 1. The average molecular weight is 427 g/mol. The standard InChI is InChI=1S/C29H34N2O/c1-22-13-17-27(18-14-22)30-21-24-15-19-28(20-16-24)31(23(2)25-9-5-3-6-10-25)29(32)26-11-7-4-8-12-26/h3,5-6,9-10,13-20,23,26,30H,4,7-8,11-12,21H2,1-2H3/t23-/m0/s1. The Balaban J connectivity index is 1.53. The number of hydrogen-bond donors (Lipinski definition) is 1. The fourth-order valence-corrected chi connectivity index (χ4v) is 4.62. The second kappa shape index (κ2) is 10.5. The van der Waals surface area contributed by atoms with Crippen LogP contribution in [0.25, 0.3) is 0 Å². The maximum Gasteiger partial charge on any atom is 0.230 e. The van der Waals surface area contributed by atoms with Gasteiger partial charge in [-0.15, -0.1) is 0 Å². The first kappa shape index (κ1) is 22.1. The number of aryl methyl sites for hydroxylation is 1. The van der Waals surface area contributed by atoms with Gasteiger partial charge in [0.2, 0.25) is 5.91 Å². The van der Waals surface area contributed by atoms with E-state index in [0.29, 0.717) is 0 Å². The first-order valence-electron chi connectivity index (χ1n) is 11.9. The molecule has 0 heterocycles. The van der Waals surface area contributed by atoms with Crippen molar-refractivity contribution >= 4 is 17.3 Å². The van der Waals surface area contributed by atoms with E-state index < -0.39 is 0 Å². The Labute approximate surface area is 192 Å². The van der Waals surface area contributed by atoms with Gasteiger partial charge in [0, 0.05) is 23.8 Å². The molecule has 0 aromatic heterocycles. The average Bonchev–Trinajstić information content (AvgIpc) is 2.85. The van der Waals surface area contributed by atoms with Crippen LogP contribution in [0.3, 0.4) is 0 Å². The summed E-state index contributed by atoms with van der Waals surface area (Å²) in [7, 11) is 0. The fraction of sp³-hybridized carbons (Fsp3) is 0.345. The van der Waals surface area contributed by atoms with Gasteiger partial charge in [-0.1, -0.05) is 79.4 Å². The van der Waals surface area contributed by atoms with Crippen molar-refractivity contribution in [2.75, 3.05) is 10.2 Å². The van der Waals surface area contributed by atoms with Gasteiger partial charge in [-0.3, -0.25) is 4.79 Å². The Kier molecular flexibility index (Phi) is 7.26. The molecule has 3 aromatic carbocycles. The lowest BCUT2D eigenvalue weighted by molar-refractivity contribution is -0.123. The highest BCUT2D eigenvalue weighted by Gasteiger charge is 2.30. The van der Waals surface area contributed by atoms with E-state index >= 15 is 0 Å². The Bertz CT molecular complexity index is 990. The minimum Gasteiger partial charge on any atom is -0.381 e. The summed E-state index contributed by atoms with van der Waals surface area (Å²) < 4.78 is 0. The predicted octanol–water partition coefficient (Wildman–Crippen LogP) is 7.28. The molecule has 1 atom stereocenters. The molecular formula is C29H34N2O. The zero-order chi connectivity index (χ0) is 22.3. The van der Waals surface area contributed by atoms with Crippen molar-refractivity contribution in [1.29, 1.82) is 0 Å². The molecule has 1 fully saturated rings. The van der Waals surface area contributed by atoms with Gasteiger partial charge in [0.05, 0.1) is 6.04 Å². The summed E-state index contributed by atoms with van der Waals surface area (Å²) in [6.07, 6.45) is 5.59. The van der Waals surface area contributed by atoms with Crippen LogP contribution in [-0.4, -0.2) is 5.91 Å². The molecule has 0 aliphatic heterocycles. The van der Waals surface area contributed by atoms with Crippen molar-refractivity contribution in [1.82, 2.24) is 0 Å². The zero-order valence-electron chi connectivity index (χ0n) is 19.3. The first-order valence-corrected chi connectivity index (χ1v) is 11.9. The van der Waals surface area contributed by atoms with Gasteiger partial charge in [0.1, 0.15) is 0 Å². The van der Waals surface area contributed by atoms with Crippen LogP contribution in [0.2, 0.25) is 0 Å². The van der Waals surface area contributed by atoms with Gasteiger partial charge in [-0.05, 0) is 62.1 Å². The third-order valence-electron chi connectivity index (χ3n) is 6.62. The molecule has 0 unspecified atom stereocenters. The number of benzene rings is 3. The van der Waals surface area contributed by atoms with Crippen molar-refractivity contribution in [3.63, 3.8) is 0 Å². The number of carbonyl (C=O) groups is 1. The van der Waals surface area contributed by atoms with Gasteiger partial charge >= 0.3 is 0 Å². The van der Waals surface area contributed by atoms with Gasteiger partial charge in [0.25, 0.3) is 0 Å². The SMILES string of the molecule is Cc1ccc(NCc2ccc(N(C(=O)C3CCCCC3)[C@@H](C)c3ccccc3)cc2)cc1. The minimum absolute atomic E-state index is 0.00200. The number of nitrogens with one attached hydrogen (secondary N) is 1. The van der Waals surface area contributed by atoms with Crippen LogP contribution in [0.15, 0.2) is 78.9 Å². The molecule has 0 saturated heterocycles. The van der Waals surface area contributed by atoms with Crippen molar-refractivity contribution in [2.45, 2.75) is 58.5 Å². The smallest absolute Gasteiger partial charge is 0.230 e. The van der Waals surface area contributed by atoms with E-state index in [9.17, 15) is 4.79 Å². The van der Waals surface area contributed by atoms with Crippen LogP contribution in [-0.2, 0) is 11.3 Å². The Morgan fingerprint density at radius 3 is 2.22 bits per heavy atom. The lowest BCUT2D eigenvalue weighted by Crippen LogP contribution is -2.39. The summed E-state index contributed by atoms with van der Waals surface area (Å²) in [5.41, 5.74) is 5.73. The van der Waals surface area contributed by atoms with Crippen LogP contribution in [0.5, 0.6) is 0 Å². The van der Waals surface area contributed by atoms with E-state index in [1.807, 2.05) is 11.0 Å². The highest BCUT2D eigenvalue weighted by molar-refractivity contribution is 5.95. The van der Waals surface area contributed by atoms with Crippen molar-refractivity contribution in [2.24, 2.45) is 5.92 Å². The third-order valence-corrected chi connectivity index (χ3v) is 6.62. The van der Waals surface area contributed by atoms with Crippen LogP contribution >= 0.6 is 0 Å². The van der Waals surface area contributed by atoms with Crippen LogP contribution < -0.4 is 10.2 Å². The van der Waals surface area contributed by atoms with E-state index in [0.717, 1.165) is 43.6 Å². The van der Waals surface area contributed by atoms with E-state index in [2.05, 4.69) is 92.0 Å². The molecule has 0 spiro atoms. The van der Waals surface area contributed by atoms with Crippen LogP contribution in [0.1, 0.15) is 61.8 Å². The summed E-state index contributed by atoms with van der Waals surface area (Å²) in [4.78, 5) is 15.7. The second-order valence-electron chi connectivity index (χ2n) is 9.02. The van der Waals surface area contributed by atoms with Crippen LogP contribution in [0.4, 0.5) is 11.4 Å². The van der Waals surface area contributed by atoms with Crippen molar-refractivity contribution in [3.8, 4) is 0 Å². The number of rotatable bonds is 7. The molecule has 3 heteroatoms. The highest BCUT2D eigenvalue weighted by atomic mass is 16.2. The normalized spacial score (nSPS) is 15.2. The Morgan fingerprint density at radius 1 is 0.906 bits per heavy atom. The highest BCUT2D eigenvalue weighted by Crippen LogP contribution is 2.33. The number of hydrogen-bond acceptors (Lipinski definition) is 2. The maximum atomic E-state index is 13.7. The molecule has 1 N–H and O–H groups in total. The second-order valence-corrected chi connectivity index (χ2v) is 9.02. The third kappa shape index (κ3) is 5.40. The summed E-state index contributed by atoms with van der Waals surface area (Å²) in [6, 6.07) is 27.3. The van der Waals surface area contributed by atoms with E-state index in [4.69, 9.17) is 0 Å². The van der Waals surface area contributed by atoms with Crippen molar-refractivity contribution in [3.05, 3.63) is 95.6 Å². The molecule has 1 saturated carbocycles. The van der Waals surface area contributed by atoms with Gasteiger partial charge < -0.3 is 10.2 Å². The fourth-order valence-electron chi connectivity index (χ4n) is 4.62. The minimum atomic E-state index is 0.00200. The Morgan fingerprint density at radius 2 is 1.56 bits per heavy atom. The molecule has 32 heavy (non-hydrogen) atoms. The van der Waals surface area contributed by atoms with Gasteiger partial charge in [-0.2, -0.15) is 0 Å². The van der Waals surface area contributed by atoms with E-state index in [1.165, 1.54) is 23.1 Å². The molecule has 166 valence electrons. The summed E-state index contributed by atoms with van der Waals surface area (Å²) in [5, 5.41) is 3.48. The molecule has 1 amide bonds. The number of amides is 1. The summed E-state index contributed by atoms with van der Waals surface area (Å²) in [6.45, 7) is 5.00. The lowest BCUT2D eigenvalue weighted by Gasteiger charge is -2.34. The van der Waals surface area contributed by atoms with Gasteiger partial charge in [-0.25, -0.2) is 0 Å². The largest absolute Gasteiger partial charge is 0.381 e. The van der Waals surface area contributed by atoms with E-state index in [1.54, 1.807) is 0 Å². The van der Waals surface area contributed by atoms with Crippen LogP contribution in [0, 0.1) is 12.8 Å². The molecule has 0 bridgehead atoms. The molecule has 0 radical (unpaired) electrons. The summed E-state index contributed by atoms with van der Waals surface area (Å²) in [5.74, 6) is 0.407. The monoisotopic (exact) mass is 426 g/mol. The van der Waals surface area contributed by atoms with E-state index in [-0.39, 0.29) is 17.9 Å². The zero-order valence-corrected chi connectivity index (χ0v) is 19.3. The number of anilines is 2.